The van der Waals surface area contributed by atoms with Gasteiger partial charge in [-0.3, -0.25) is 0 Å². The lowest BCUT2D eigenvalue weighted by atomic mass is 10.2. The van der Waals surface area contributed by atoms with Crippen LogP contribution in [0.5, 0.6) is 0 Å². The van der Waals surface area contributed by atoms with Crippen LogP contribution in [0.3, 0.4) is 0 Å². The van der Waals surface area contributed by atoms with E-state index in [-0.39, 0.29) is 0 Å². The van der Waals surface area contributed by atoms with Gasteiger partial charge in [0.2, 0.25) is 0 Å². The summed E-state index contributed by atoms with van der Waals surface area (Å²) in [4.78, 5) is 8.71. The van der Waals surface area contributed by atoms with Gasteiger partial charge in [0.05, 0.1) is 0 Å². The molecular formula is C13H19N5S. The van der Waals surface area contributed by atoms with Gasteiger partial charge in [0, 0.05) is 25.8 Å². The van der Waals surface area contributed by atoms with Crippen molar-refractivity contribution in [1.82, 2.24) is 25.1 Å². The Morgan fingerprint density at radius 1 is 1.37 bits per heavy atom. The van der Waals surface area contributed by atoms with Gasteiger partial charge in [-0.15, -0.1) is 0 Å². The highest BCUT2D eigenvalue weighted by Crippen LogP contribution is 2.26. The van der Waals surface area contributed by atoms with Crippen LogP contribution in [-0.4, -0.2) is 25.8 Å². The average molecular weight is 277 g/mol. The van der Waals surface area contributed by atoms with Gasteiger partial charge in [-0.25, -0.2) is 14.6 Å². The van der Waals surface area contributed by atoms with Crippen LogP contribution < -0.4 is 5.32 Å². The molecule has 2 rings (SSSR count). The van der Waals surface area contributed by atoms with Gasteiger partial charge in [0.25, 0.3) is 0 Å². The maximum Gasteiger partial charge on any atom is 0.192 e. The molecule has 1 N–H and O–H groups in total. The normalized spacial score (nSPS) is 11.2. The summed E-state index contributed by atoms with van der Waals surface area (Å²) in [6.45, 7) is 7.20. The molecule has 0 saturated heterocycles. The van der Waals surface area contributed by atoms with Crippen molar-refractivity contribution in [2.45, 2.75) is 43.5 Å². The first-order chi connectivity index (χ1) is 9.06. The van der Waals surface area contributed by atoms with Crippen LogP contribution >= 0.6 is 11.8 Å². The van der Waals surface area contributed by atoms with E-state index in [0.29, 0.717) is 6.04 Å². The highest BCUT2D eigenvalue weighted by Gasteiger charge is 2.08. The molecule has 0 aliphatic heterocycles. The Bertz CT molecular complexity index is 550. The molecule has 0 radical (unpaired) electrons. The number of nitrogens with one attached hydrogen (secondary N) is 1. The summed E-state index contributed by atoms with van der Waals surface area (Å²) in [6.07, 6.45) is 3.47. The minimum absolute atomic E-state index is 0.480. The zero-order valence-electron chi connectivity index (χ0n) is 11.7. The smallest absolute Gasteiger partial charge is 0.192 e. The lowest BCUT2D eigenvalue weighted by Crippen LogP contribution is -2.21. The molecule has 2 heterocycles. The fourth-order valence-electron chi connectivity index (χ4n) is 1.61. The molecule has 6 heteroatoms. The number of rotatable bonds is 5. The standard InChI is InChI=1S/C13H19N5S/c1-9(2)14-6-11-5-10(3)12(15-7-11)19-13-16-8-17-18(13)4/h5,7-9,14H,6H2,1-4H3. The fraction of sp³-hybridized carbons (Fsp3) is 0.462. The van der Waals surface area contributed by atoms with Crippen LogP contribution in [0.4, 0.5) is 0 Å². The largest absolute Gasteiger partial charge is 0.310 e. The summed E-state index contributed by atoms with van der Waals surface area (Å²) in [5, 5.41) is 9.27. The predicted molar refractivity (Wildman–Crippen MR) is 76.1 cm³/mol. The quantitative estimate of drug-likeness (QED) is 0.907. The SMILES string of the molecule is Cc1cc(CNC(C)C)cnc1Sc1ncnn1C. The van der Waals surface area contributed by atoms with Gasteiger partial charge in [0.1, 0.15) is 11.4 Å². The van der Waals surface area contributed by atoms with E-state index in [1.54, 1.807) is 11.0 Å². The summed E-state index contributed by atoms with van der Waals surface area (Å²) in [6, 6.07) is 2.65. The minimum Gasteiger partial charge on any atom is -0.310 e. The molecule has 5 nitrogen and oxygen atoms in total. The van der Waals surface area contributed by atoms with E-state index in [9.17, 15) is 0 Å². The maximum atomic E-state index is 4.51. The number of pyridine rings is 1. The Labute approximate surface area is 117 Å². The van der Waals surface area contributed by atoms with Crippen molar-refractivity contribution >= 4 is 11.8 Å². The summed E-state index contributed by atoms with van der Waals surface area (Å²) in [7, 11) is 1.88. The van der Waals surface area contributed by atoms with Crippen LogP contribution in [0, 0.1) is 6.92 Å². The van der Waals surface area contributed by atoms with Crippen LogP contribution in [0.2, 0.25) is 0 Å². The van der Waals surface area contributed by atoms with Gasteiger partial charge in [-0.1, -0.05) is 19.9 Å². The summed E-state index contributed by atoms with van der Waals surface area (Å²) in [5.74, 6) is 0. The third-order valence-corrected chi connectivity index (χ3v) is 3.83. The van der Waals surface area contributed by atoms with Crippen molar-refractivity contribution in [2.24, 2.45) is 7.05 Å². The summed E-state index contributed by atoms with van der Waals surface area (Å²) in [5.41, 5.74) is 2.37. The summed E-state index contributed by atoms with van der Waals surface area (Å²) < 4.78 is 1.75. The fourth-order valence-corrected chi connectivity index (χ4v) is 2.39. The molecule has 0 aliphatic carbocycles. The van der Waals surface area contributed by atoms with Gasteiger partial charge >= 0.3 is 0 Å². The van der Waals surface area contributed by atoms with E-state index in [1.807, 2.05) is 13.2 Å². The molecule has 0 unspecified atom stereocenters. The minimum atomic E-state index is 0.480. The third-order valence-electron chi connectivity index (χ3n) is 2.66. The van der Waals surface area contributed by atoms with Crippen LogP contribution in [-0.2, 0) is 13.6 Å². The van der Waals surface area contributed by atoms with Crippen LogP contribution in [0.15, 0.2) is 28.8 Å². The van der Waals surface area contributed by atoms with Gasteiger partial charge in [-0.05, 0) is 29.8 Å². The second kappa shape index (κ2) is 6.16. The number of nitrogens with zero attached hydrogens (tertiary/aromatic N) is 4. The van der Waals surface area contributed by atoms with Crippen LogP contribution in [0.25, 0.3) is 0 Å². The Morgan fingerprint density at radius 3 is 2.74 bits per heavy atom. The molecular weight excluding hydrogens is 258 g/mol. The Balaban J connectivity index is 2.09. The molecule has 0 fully saturated rings. The highest BCUT2D eigenvalue weighted by atomic mass is 32.2. The van der Waals surface area contributed by atoms with Gasteiger partial charge in [-0.2, -0.15) is 5.10 Å². The first kappa shape index (κ1) is 14.0. The maximum absolute atomic E-state index is 4.51. The average Bonchev–Trinajstić information content (AvgIpc) is 2.75. The molecule has 2 aromatic rings. The Kier molecular flexibility index (Phi) is 4.55. The predicted octanol–water partition coefficient (Wildman–Crippen LogP) is 2.17. The second-order valence-electron chi connectivity index (χ2n) is 4.77. The molecule has 0 bridgehead atoms. The lowest BCUT2D eigenvalue weighted by molar-refractivity contribution is 0.587. The van der Waals surface area contributed by atoms with E-state index < -0.39 is 0 Å². The van der Waals surface area contributed by atoms with E-state index in [1.165, 1.54) is 17.3 Å². The van der Waals surface area contributed by atoms with Crippen molar-refractivity contribution < 1.29 is 0 Å². The number of hydrogen-bond donors (Lipinski definition) is 1. The highest BCUT2D eigenvalue weighted by molar-refractivity contribution is 7.99. The topological polar surface area (TPSA) is 55.6 Å². The van der Waals surface area contributed by atoms with Crippen molar-refractivity contribution in [1.29, 1.82) is 0 Å². The zero-order valence-corrected chi connectivity index (χ0v) is 12.5. The molecule has 0 aliphatic rings. The number of aryl methyl sites for hydroxylation is 2. The molecule has 0 amide bonds. The molecule has 2 aromatic heterocycles. The van der Waals surface area contributed by atoms with E-state index in [4.69, 9.17) is 0 Å². The van der Waals surface area contributed by atoms with Gasteiger partial charge < -0.3 is 5.32 Å². The van der Waals surface area contributed by atoms with Crippen molar-refractivity contribution in [3.63, 3.8) is 0 Å². The van der Waals surface area contributed by atoms with E-state index in [2.05, 4.69) is 47.2 Å². The van der Waals surface area contributed by atoms with Gasteiger partial charge in [0.15, 0.2) is 5.16 Å². The van der Waals surface area contributed by atoms with E-state index in [0.717, 1.165) is 22.3 Å². The summed E-state index contributed by atoms with van der Waals surface area (Å²) >= 11 is 1.54. The molecule has 19 heavy (non-hydrogen) atoms. The number of aromatic nitrogens is 4. The second-order valence-corrected chi connectivity index (χ2v) is 5.73. The molecule has 0 atom stereocenters. The molecule has 0 aromatic carbocycles. The Hall–Kier alpha value is -1.40. The zero-order chi connectivity index (χ0) is 13.8. The van der Waals surface area contributed by atoms with E-state index >= 15 is 0 Å². The molecule has 102 valence electrons. The number of hydrogen-bond acceptors (Lipinski definition) is 5. The Morgan fingerprint density at radius 2 is 2.16 bits per heavy atom. The lowest BCUT2D eigenvalue weighted by Gasteiger charge is -2.10. The van der Waals surface area contributed by atoms with Crippen molar-refractivity contribution in [2.75, 3.05) is 0 Å². The molecule has 0 spiro atoms. The first-order valence-corrected chi connectivity index (χ1v) is 7.08. The first-order valence-electron chi connectivity index (χ1n) is 6.27. The monoisotopic (exact) mass is 277 g/mol. The van der Waals surface area contributed by atoms with Crippen molar-refractivity contribution in [3.8, 4) is 0 Å². The van der Waals surface area contributed by atoms with Crippen molar-refractivity contribution in [3.05, 3.63) is 29.7 Å². The van der Waals surface area contributed by atoms with Crippen LogP contribution in [0.1, 0.15) is 25.0 Å². The third kappa shape index (κ3) is 3.78. The molecule has 0 saturated carbocycles.